The zero-order valence-electron chi connectivity index (χ0n) is 10.6. The molecule has 0 radical (unpaired) electrons. The number of hydrogen-bond donors (Lipinski definition) is 1. The molecule has 6 heteroatoms. The topological polar surface area (TPSA) is 60.9 Å². The number of anilines is 1. The number of carbonyl (C=O) groups excluding carboxylic acids is 1. The van der Waals surface area contributed by atoms with Crippen LogP contribution in [0.15, 0.2) is 22.7 Å². The van der Waals surface area contributed by atoms with Crippen molar-refractivity contribution in [1.29, 1.82) is 0 Å². The maximum absolute atomic E-state index is 12.2. The molecule has 1 aromatic rings. The van der Waals surface area contributed by atoms with Gasteiger partial charge < -0.3 is 10.0 Å². The highest BCUT2D eigenvalue weighted by Gasteiger charge is 2.31. The van der Waals surface area contributed by atoms with Crippen LogP contribution in [0.5, 0.6) is 0 Å². The summed E-state index contributed by atoms with van der Waals surface area (Å²) in [6.07, 6.45) is 0.817. The standard InChI is InChI=1S/C13H15BrN2O3/c1-2-9-7-10(14)3-4-11(9)16-6-5-15(13(16)19)8-12(17)18/h3-4,7H,2,5-6,8H2,1H3,(H,17,18). The lowest BCUT2D eigenvalue weighted by Crippen LogP contribution is -2.35. The summed E-state index contributed by atoms with van der Waals surface area (Å²) < 4.78 is 0.974. The Morgan fingerprint density at radius 2 is 2.16 bits per heavy atom. The molecule has 2 rings (SSSR count). The van der Waals surface area contributed by atoms with Crippen LogP contribution in [0.25, 0.3) is 0 Å². The van der Waals surface area contributed by atoms with Crippen LogP contribution >= 0.6 is 15.9 Å². The van der Waals surface area contributed by atoms with Crippen molar-refractivity contribution >= 4 is 33.6 Å². The van der Waals surface area contributed by atoms with Crippen LogP contribution in [0.1, 0.15) is 12.5 Å². The van der Waals surface area contributed by atoms with E-state index >= 15 is 0 Å². The van der Waals surface area contributed by atoms with Gasteiger partial charge in [0.2, 0.25) is 0 Å². The van der Waals surface area contributed by atoms with Gasteiger partial charge in [0.15, 0.2) is 0 Å². The number of amides is 2. The largest absolute Gasteiger partial charge is 0.480 e. The van der Waals surface area contributed by atoms with Gasteiger partial charge in [-0.05, 0) is 30.2 Å². The van der Waals surface area contributed by atoms with E-state index in [0.29, 0.717) is 13.1 Å². The highest BCUT2D eigenvalue weighted by molar-refractivity contribution is 9.10. The van der Waals surface area contributed by atoms with Gasteiger partial charge in [0.1, 0.15) is 6.54 Å². The molecule has 0 aromatic heterocycles. The number of hydrogen-bond acceptors (Lipinski definition) is 2. The zero-order valence-corrected chi connectivity index (χ0v) is 12.2. The molecule has 0 unspecified atom stereocenters. The number of halogens is 1. The Labute approximate surface area is 119 Å². The van der Waals surface area contributed by atoms with Gasteiger partial charge in [-0.1, -0.05) is 22.9 Å². The molecule has 1 N–H and O–H groups in total. The monoisotopic (exact) mass is 326 g/mol. The van der Waals surface area contributed by atoms with Gasteiger partial charge in [-0.3, -0.25) is 9.69 Å². The number of nitrogens with zero attached hydrogens (tertiary/aromatic N) is 2. The second-order valence-corrected chi connectivity index (χ2v) is 5.29. The van der Waals surface area contributed by atoms with Crippen LogP contribution in [-0.2, 0) is 11.2 Å². The van der Waals surface area contributed by atoms with E-state index in [1.165, 1.54) is 4.90 Å². The fraction of sp³-hybridized carbons (Fsp3) is 0.385. The number of aliphatic carboxylic acids is 1. The van der Waals surface area contributed by atoms with Crippen LogP contribution in [0.2, 0.25) is 0 Å². The second kappa shape index (κ2) is 5.61. The van der Waals surface area contributed by atoms with Crippen LogP contribution < -0.4 is 4.90 Å². The van der Waals surface area contributed by atoms with Crippen molar-refractivity contribution in [2.24, 2.45) is 0 Å². The molecule has 1 fully saturated rings. The zero-order chi connectivity index (χ0) is 14.0. The predicted octanol–water partition coefficient (Wildman–Crippen LogP) is 2.34. The van der Waals surface area contributed by atoms with E-state index in [1.807, 2.05) is 25.1 Å². The SMILES string of the molecule is CCc1cc(Br)ccc1N1CCN(CC(=O)O)C1=O. The second-order valence-electron chi connectivity index (χ2n) is 4.38. The van der Waals surface area contributed by atoms with Crippen LogP contribution in [-0.4, -0.2) is 41.6 Å². The Kier molecular flexibility index (Phi) is 4.09. The number of aryl methyl sites for hydroxylation is 1. The molecule has 1 saturated heterocycles. The van der Waals surface area contributed by atoms with E-state index in [1.54, 1.807) is 4.90 Å². The van der Waals surface area contributed by atoms with E-state index in [2.05, 4.69) is 15.9 Å². The number of rotatable bonds is 4. The number of benzene rings is 1. The minimum Gasteiger partial charge on any atom is -0.480 e. The Morgan fingerprint density at radius 3 is 2.79 bits per heavy atom. The van der Waals surface area contributed by atoms with Crippen molar-refractivity contribution in [2.45, 2.75) is 13.3 Å². The normalized spacial score (nSPS) is 15.2. The molecular formula is C13H15BrN2O3. The molecular weight excluding hydrogens is 312 g/mol. The van der Waals surface area contributed by atoms with E-state index < -0.39 is 5.97 Å². The van der Waals surface area contributed by atoms with Crippen molar-refractivity contribution in [3.05, 3.63) is 28.2 Å². The molecule has 1 aliphatic rings. The Bertz CT molecular complexity index is 519. The van der Waals surface area contributed by atoms with E-state index in [9.17, 15) is 9.59 Å². The fourth-order valence-corrected chi connectivity index (χ4v) is 2.63. The number of carboxylic acids is 1. The van der Waals surface area contributed by atoms with Gasteiger partial charge >= 0.3 is 12.0 Å². The lowest BCUT2D eigenvalue weighted by molar-refractivity contribution is -0.137. The first-order valence-corrected chi connectivity index (χ1v) is 6.89. The Morgan fingerprint density at radius 1 is 1.42 bits per heavy atom. The summed E-state index contributed by atoms with van der Waals surface area (Å²) in [6.45, 7) is 2.76. The summed E-state index contributed by atoms with van der Waals surface area (Å²) in [6, 6.07) is 5.54. The highest BCUT2D eigenvalue weighted by atomic mass is 79.9. The van der Waals surface area contributed by atoms with Crippen LogP contribution in [0.4, 0.5) is 10.5 Å². The summed E-state index contributed by atoms with van der Waals surface area (Å²) in [4.78, 5) is 25.9. The Balaban J connectivity index is 2.24. The molecule has 0 bridgehead atoms. The first kappa shape index (κ1) is 13.9. The van der Waals surface area contributed by atoms with Gasteiger partial charge in [0.05, 0.1) is 0 Å². The molecule has 0 saturated carbocycles. The number of urea groups is 1. The van der Waals surface area contributed by atoms with E-state index in [-0.39, 0.29) is 12.6 Å². The predicted molar refractivity (Wildman–Crippen MR) is 75.5 cm³/mol. The molecule has 0 spiro atoms. The summed E-state index contributed by atoms with van der Waals surface area (Å²) in [5.74, 6) is -0.985. The minimum atomic E-state index is -0.985. The van der Waals surface area contributed by atoms with Gasteiger partial charge in [0, 0.05) is 23.2 Å². The minimum absolute atomic E-state index is 0.237. The van der Waals surface area contributed by atoms with Crippen LogP contribution in [0.3, 0.4) is 0 Å². The van der Waals surface area contributed by atoms with Gasteiger partial charge in [-0.25, -0.2) is 4.79 Å². The van der Waals surface area contributed by atoms with Crippen LogP contribution in [0, 0.1) is 0 Å². The first-order valence-electron chi connectivity index (χ1n) is 6.09. The summed E-state index contributed by atoms with van der Waals surface area (Å²) in [7, 11) is 0. The first-order chi connectivity index (χ1) is 9.02. The third-order valence-electron chi connectivity index (χ3n) is 3.13. The molecule has 0 atom stereocenters. The van der Waals surface area contributed by atoms with Gasteiger partial charge in [-0.2, -0.15) is 0 Å². The molecule has 1 heterocycles. The van der Waals surface area contributed by atoms with Crippen molar-refractivity contribution in [2.75, 3.05) is 24.5 Å². The molecule has 1 aliphatic heterocycles. The summed E-state index contributed by atoms with van der Waals surface area (Å²) in [5, 5.41) is 8.77. The number of carbonyl (C=O) groups is 2. The lowest BCUT2D eigenvalue weighted by atomic mass is 10.1. The number of carboxylic acid groups (broad SMARTS) is 1. The van der Waals surface area contributed by atoms with Crippen molar-refractivity contribution in [1.82, 2.24) is 4.90 Å². The summed E-state index contributed by atoms with van der Waals surface area (Å²) in [5.41, 5.74) is 1.93. The quantitative estimate of drug-likeness (QED) is 0.923. The maximum Gasteiger partial charge on any atom is 0.325 e. The smallest absolute Gasteiger partial charge is 0.325 e. The van der Waals surface area contributed by atoms with Crippen molar-refractivity contribution < 1.29 is 14.7 Å². The molecule has 0 aliphatic carbocycles. The maximum atomic E-state index is 12.2. The average molecular weight is 327 g/mol. The highest BCUT2D eigenvalue weighted by Crippen LogP contribution is 2.27. The van der Waals surface area contributed by atoms with Gasteiger partial charge in [0.25, 0.3) is 0 Å². The lowest BCUT2D eigenvalue weighted by Gasteiger charge is -2.20. The molecule has 19 heavy (non-hydrogen) atoms. The Hall–Kier alpha value is -1.56. The molecule has 2 amide bonds. The molecule has 102 valence electrons. The van der Waals surface area contributed by atoms with Gasteiger partial charge in [-0.15, -0.1) is 0 Å². The fourth-order valence-electron chi connectivity index (χ4n) is 2.22. The molecule has 5 nitrogen and oxygen atoms in total. The average Bonchev–Trinajstić information content (AvgIpc) is 2.70. The van der Waals surface area contributed by atoms with Crippen molar-refractivity contribution in [3.63, 3.8) is 0 Å². The summed E-state index contributed by atoms with van der Waals surface area (Å²) >= 11 is 3.41. The van der Waals surface area contributed by atoms with E-state index in [0.717, 1.165) is 22.1 Å². The van der Waals surface area contributed by atoms with Crippen molar-refractivity contribution in [3.8, 4) is 0 Å². The molecule has 1 aromatic carbocycles. The third-order valence-corrected chi connectivity index (χ3v) is 3.63. The van der Waals surface area contributed by atoms with E-state index in [4.69, 9.17) is 5.11 Å². The third kappa shape index (κ3) is 2.89.